The van der Waals surface area contributed by atoms with Crippen LogP contribution in [0.5, 0.6) is 0 Å². The van der Waals surface area contributed by atoms with Gasteiger partial charge >= 0.3 is 0 Å². The number of amides is 2. The summed E-state index contributed by atoms with van der Waals surface area (Å²) < 4.78 is 0. The van der Waals surface area contributed by atoms with E-state index in [-0.39, 0.29) is 11.8 Å². The highest BCUT2D eigenvalue weighted by Crippen LogP contribution is 2.34. The standard InChI is InChI=1S/C26H14Cl2N6O2S4/c27-15-5-1-13(2-6-15)9-19-21(35)31-25(39-19)33-23-29-17(11-37-23)18-12-38-24(30-18)34-26-32-22(36)20(40-26)10-14-3-7-16(28)8-4-14/h1-12H,(H,29,31,33,35)(H,30,32,34,36)/b19-9+,20-10+. The highest BCUT2D eigenvalue weighted by Gasteiger charge is 2.24. The Morgan fingerprint density at radius 1 is 0.625 bits per heavy atom. The molecule has 0 radical (unpaired) electrons. The van der Waals surface area contributed by atoms with E-state index >= 15 is 0 Å². The molecule has 0 saturated carbocycles. The van der Waals surface area contributed by atoms with E-state index in [1.165, 1.54) is 46.2 Å². The molecular formula is C26H14Cl2N6O2S4. The van der Waals surface area contributed by atoms with E-state index in [0.717, 1.165) is 11.1 Å². The van der Waals surface area contributed by atoms with Crippen molar-refractivity contribution >= 4 is 114 Å². The first-order valence-corrected chi connectivity index (χ1v) is 15.5. The Morgan fingerprint density at radius 3 is 1.43 bits per heavy atom. The summed E-state index contributed by atoms with van der Waals surface area (Å²) in [5, 5.41) is 13.3. The maximum Gasteiger partial charge on any atom is 0.286 e. The topological polar surface area (TPSA) is 109 Å². The van der Waals surface area contributed by atoms with Gasteiger partial charge in [0.05, 0.1) is 9.81 Å². The Morgan fingerprint density at radius 2 is 1.02 bits per heavy atom. The first kappa shape index (κ1) is 26.9. The quantitative estimate of drug-likeness (QED) is 0.213. The van der Waals surface area contributed by atoms with Crippen LogP contribution in [-0.2, 0) is 9.59 Å². The zero-order valence-electron chi connectivity index (χ0n) is 19.9. The summed E-state index contributed by atoms with van der Waals surface area (Å²) >= 11 is 17.1. The number of carbonyl (C=O) groups is 2. The second-order valence-corrected chi connectivity index (χ2v) is 12.7. The van der Waals surface area contributed by atoms with Crippen molar-refractivity contribution in [1.82, 2.24) is 9.97 Å². The van der Waals surface area contributed by atoms with Crippen molar-refractivity contribution < 1.29 is 9.59 Å². The maximum absolute atomic E-state index is 12.3. The number of benzene rings is 2. The normalized spacial score (nSPS) is 17.1. The molecule has 198 valence electrons. The summed E-state index contributed by atoms with van der Waals surface area (Å²) in [6, 6.07) is 14.4. The van der Waals surface area contributed by atoms with E-state index in [9.17, 15) is 9.59 Å². The summed E-state index contributed by atoms with van der Waals surface area (Å²) in [6.07, 6.45) is 3.55. The predicted molar refractivity (Wildman–Crippen MR) is 169 cm³/mol. The van der Waals surface area contributed by atoms with Crippen molar-refractivity contribution in [3.63, 3.8) is 0 Å². The predicted octanol–water partition coefficient (Wildman–Crippen LogP) is 7.74. The lowest BCUT2D eigenvalue weighted by Crippen LogP contribution is -2.04. The van der Waals surface area contributed by atoms with Crippen LogP contribution in [0.15, 0.2) is 79.1 Å². The van der Waals surface area contributed by atoms with Gasteiger partial charge in [0.15, 0.2) is 20.6 Å². The van der Waals surface area contributed by atoms with Crippen molar-refractivity contribution in [2.24, 2.45) is 9.98 Å². The number of thioether (sulfide) groups is 2. The molecule has 0 spiro atoms. The second kappa shape index (κ2) is 11.7. The fourth-order valence-electron chi connectivity index (χ4n) is 3.43. The minimum Gasteiger partial charge on any atom is -0.310 e. The molecule has 0 aliphatic carbocycles. The molecule has 8 nitrogen and oxygen atoms in total. The number of hydrogen-bond donors (Lipinski definition) is 2. The van der Waals surface area contributed by atoms with Gasteiger partial charge in [-0.05, 0) is 71.1 Å². The number of carbonyl (C=O) groups excluding carboxylic acids is 2. The van der Waals surface area contributed by atoms with Gasteiger partial charge in [-0.3, -0.25) is 9.59 Å². The highest BCUT2D eigenvalue weighted by molar-refractivity contribution is 8.19. The van der Waals surface area contributed by atoms with Gasteiger partial charge in [0.1, 0.15) is 11.4 Å². The molecule has 0 atom stereocenters. The number of aliphatic imine (C=N–C) groups is 2. The van der Waals surface area contributed by atoms with Crippen molar-refractivity contribution in [1.29, 1.82) is 0 Å². The van der Waals surface area contributed by atoms with Gasteiger partial charge in [-0.15, -0.1) is 22.7 Å². The molecule has 2 amide bonds. The van der Waals surface area contributed by atoms with Gasteiger partial charge in [-0.2, -0.15) is 9.98 Å². The molecule has 6 rings (SSSR count). The summed E-state index contributed by atoms with van der Waals surface area (Å²) in [7, 11) is 0. The molecule has 4 aromatic rings. The first-order chi connectivity index (χ1) is 19.4. The first-order valence-electron chi connectivity index (χ1n) is 11.4. The number of hydrogen-bond acceptors (Lipinski definition) is 10. The van der Waals surface area contributed by atoms with Crippen LogP contribution in [0.25, 0.3) is 23.5 Å². The van der Waals surface area contributed by atoms with Crippen LogP contribution in [0.2, 0.25) is 10.0 Å². The molecule has 14 heteroatoms. The number of nitrogens with zero attached hydrogens (tertiary/aromatic N) is 4. The summed E-state index contributed by atoms with van der Waals surface area (Å²) in [5.41, 5.74) is 3.07. The Labute approximate surface area is 254 Å². The largest absolute Gasteiger partial charge is 0.310 e. The molecule has 2 aromatic heterocycles. The number of rotatable bonds is 5. The van der Waals surface area contributed by atoms with Crippen LogP contribution in [0, 0.1) is 0 Å². The molecule has 40 heavy (non-hydrogen) atoms. The third-order valence-corrected chi connectivity index (χ3v) is 9.09. The maximum atomic E-state index is 12.3. The average molecular weight is 642 g/mol. The lowest BCUT2D eigenvalue weighted by atomic mass is 10.2. The summed E-state index contributed by atoms with van der Waals surface area (Å²) in [4.78, 5) is 43.1. The van der Waals surface area contributed by atoms with Crippen LogP contribution in [0.1, 0.15) is 11.1 Å². The van der Waals surface area contributed by atoms with E-state index in [0.29, 0.717) is 51.8 Å². The minimum atomic E-state index is -0.313. The molecule has 0 bridgehead atoms. The van der Waals surface area contributed by atoms with E-state index < -0.39 is 0 Å². The van der Waals surface area contributed by atoms with Crippen LogP contribution in [0.4, 0.5) is 10.3 Å². The summed E-state index contributed by atoms with van der Waals surface area (Å²) in [6.45, 7) is 0. The van der Waals surface area contributed by atoms with Gasteiger partial charge in [0.2, 0.25) is 0 Å². The van der Waals surface area contributed by atoms with Crippen LogP contribution >= 0.6 is 69.4 Å². The third-order valence-electron chi connectivity index (χ3n) is 5.28. The zero-order valence-corrected chi connectivity index (χ0v) is 24.7. The Balaban J connectivity index is 1.07. The number of aromatic nitrogens is 2. The number of halogens is 2. The van der Waals surface area contributed by atoms with E-state index in [1.807, 2.05) is 35.0 Å². The smallest absolute Gasteiger partial charge is 0.286 e. The van der Waals surface area contributed by atoms with Gasteiger partial charge in [0, 0.05) is 20.8 Å². The second-order valence-electron chi connectivity index (χ2n) is 8.09. The zero-order chi connectivity index (χ0) is 27.6. The van der Waals surface area contributed by atoms with Gasteiger partial charge in [0.25, 0.3) is 11.8 Å². The molecule has 4 heterocycles. The van der Waals surface area contributed by atoms with E-state index in [4.69, 9.17) is 23.2 Å². The molecule has 0 fully saturated rings. The van der Waals surface area contributed by atoms with Gasteiger partial charge < -0.3 is 10.6 Å². The van der Waals surface area contributed by atoms with E-state index in [2.05, 4.69) is 30.6 Å². The molecule has 0 unspecified atom stereocenters. The average Bonchev–Trinajstić information content (AvgIpc) is 3.72. The number of nitrogens with one attached hydrogen (secondary N) is 2. The molecule has 0 saturated heterocycles. The van der Waals surface area contributed by atoms with Crippen molar-refractivity contribution in [3.8, 4) is 11.4 Å². The van der Waals surface area contributed by atoms with Crippen molar-refractivity contribution in [2.45, 2.75) is 0 Å². The lowest BCUT2D eigenvalue weighted by molar-refractivity contribution is -0.114. The molecule has 2 aromatic carbocycles. The molecule has 2 N–H and O–H groups in total. The van der Waals surface area contributed by atoms with Crippen molar-refractivity contribution in [3.05, 3.63) is 90.3 Å². The fraction of sp³-hybridized carbons (Fsp3) is 0. The Kier molecular flexibility index (Phi) is 7.87. The minimum absolute atomic E-state index is 0.313. The van der Waals surface area contributed by atoms with E-state index in [1.54, 1.807) is 36.4 Å². The Bertz CT molecular complexity index is 1630. The number of amidine groups is 2. The fourth-order valence-corrected chi connectivity index (χ4v) is 6.84. The molecular weight excluding hydrogens is 628 g/mol. The van der Waals surface area contributed by atoms with Gasteiger partial charge in [-0.1, -0.05) is 47.5 Å². The monoisotopic (exact) mass is 640 g/mol. The number of thiazole rings is 2. The Hall–Kier alpha value is -3.26. The van der Waals surface area contributed by atoms with Crippen molar-refractivity contribution in [2.75, 3.05) is 10.6 Å². The highest BCUT2D eigenvalue weighted by atomic mass is 35.5. The SMILES string of the molecule is O=C1N=C(Nc2nc(-c3csc(NC4=NC(=O)/C(=C\c5ccc(Cl)cc5)S4)n3)cs2)S/C1=C/c1ccc(Cl)cc1. The van der Waals surface area contributed by atoms with Crippen LogP contribution < -0.4 is 10.6 Å². The lowest BCUT2D eigenvalue weighted by Gasteiger charge is -2.00. The molecule has 2 aliphatic rings. The van der Waals surface area contributed by atoms with Gasteiger partial charge in [-0.25, -0.2) is 9.97 Å². The van der Waals surface area contributed by atoms with Crippen LogP contribution in [0.3, 0.4) is 0 Å². The van der Waals surface area contributed by atoms with Crippen LogP contribution in [-0.4, -0.2) is 32.1 Å². The number of anilines is 2. The summed E-state index contributed by atoms with van der Waals surface area (Å²) in [5.74, 6) is -0.626. The third kappa shape index (κ3) is 6.38. The molecule has 2 aliphatic heterocycles.